The number of rotatable bonds is 4. The number of nitrogens with zero attached hydrogens (tertiary/aromatic N) is 3. The molecule has 1 aliphatic heterocycles. The Morgan fingerprint density at radius 3 is 2.43 bits per heavy atom. The lowest BCUT2D eigenvalue weighted by Gasteiger charge is -2.22. The average molecular weight is 484 g/mol. The van der Waals surface area contributed by atoms with E-state index in [1.807, 2.05) is 0 Å². The molecule has 0 spiro atoms. The minimum absolute atomic E-state index is 0.290. The lowest BCUT2D eigenvalue weighted by atomic mass is 10.0. The van der Waals surface area contributed by atoms with Gasteiger partial charge in [-0.2, -0.15) is 23.0 Å². The maximum absolute atomic E-state index is 14.0. The Kier molecular flexibility index (Phi) is 5.63. The van der Waals surface area contributed by atoms with Gasteiger partial charge < -0.3 is 15.7 Å². The number of aliphatic hydroxyl groups excluding tert-OH is 1. The fraction of sp³-hybridized carbons (Fsp3) is 0.320. The summed E-state index contributed by atoms with van der Waals surface area (Å²) < 4.78 is 42.9. The van der Waals surface area contributed by atoms with Gasteiger partial charge in [-0.25, -0.2) is 0 Å². The molecular formula is C25H23F3N4O3. The fourth-order valence-electron chi connectivity index (χ4n) is 4.87. The largest absolute Gasteiger partial charge is 0.418 e. The number of hydrogen-bond acceptors (Lipinski definition) is 5. The van der Waals surface area contributed by atoms with Crippen LogP contribution in [-0.4, -0.2) is 40.0 Å². The smallest absolute Gasteiger partial charge is 0.391 e. The highest BCUT2D eigenvalue weighted by molar-refractivity contribution is 5.93. The standard InChI is InChI=1S/C25H23F3N4O3/c26-25(27,28)20-9-8-16(31-11-10-17(33)13-31)12-21(20)32-24(35)19-3-1-2-18(19)22(30-32)14-4-6-15(7-5-14)23(29)34/h4-9,12,17,33H,1-3,10-11,13H2,(H2,29,34). The number of primary amides is 1. The highest BCUT2D eigenvalue weighted by atomic mass is 19.4. The van der Waals surface area contributed by atoms with Gasteiger partial charge in [0.1, 0.15) is 0 Å². The van der Waals surface area contributed by atoms with Gasteiger partial charge in [0.05, 0.1) is 23.0 Å². The van der Waals surface area contributed by atoms with E-state index in [2.05, 4.69) is 5.10 Å². The molecule has 35 heavy (non-hydrogen) atoms. The molecular weight excluding hydrogens is 461 g/mol. The molecule has 7 nitrogen and oxygen atoms in total. The highest BCUT2D eigenvalue weighted by Crippen LogP contribution is 2.37. The Morgan fingerprint density at radius 2 is 1.80 bits per heavy atom. The summed E-state index contributed by atoms with van der Waals surface area (Å²) in [5.41, 5.74) is 6.34. The van der Waals surface area contributed by atoms with E-state index in [-0.39, 0.29) is 5.69 Å². The molecule has 2 aromatic carbocycles. The molecule has 1 unspecified atom stereocenters. The van der Waals surface area contributed by atoms with Crippen LogP contribution in [0.5, 0.6) is 0 Å². The van der Waals surface area contributed by atoms with Gasteiger partial charge in [0.15, 0.2) is 0 Å². The molecule has 2 heterocycles. The van der Waals surface area contributed by atoms with E-state index in [4.69, 9.17) is 5.73 Å². The molecule has 2 aliphatic rings. The fourth-order valence-corrected chi connectivity index (χ4v) is 4.87. The van der Waals surface area contributed by atoms with Crippen molar-refractivity contribution in [1.82, 2.24) is 9.78 Å². The first-order valence-electron chi connectivity index (χ1n) is 11.3. The van der Waals surface area contributed by atoms with Crippen molar-refractivity contribution in [3.8, 4) is 16.9 Å². The lowest BCUT2D eigenvalue weighted by Crippen LogP contribution is -2.29. The molecule has 5 rings (SSSR count). The summed E-state index contributed by atoms with van der Waals surface area (Å²) in [5.74, 6) is -0.599. The lowest BCUT2D eigenvalue weighted by molar-refractivity contribution is -0.137. The second kappa shape index (κ2) is 8.53. The summed E-state index contributed by atoms with van der Waals surface area (Å²) in [7, 11) is 0. The number of carbonyl (C=O) groups is 1. The molecule has 1 aromatic heterocycles. The molecule has 182 valence electrons. The number of benzene rings is 2. The number of anilines is 1. The summed E-state index contributed by atoms with van der Waals surface area (Å²) >= 11 is 0. The number of fused-ring (bicyclic) bond motifs is 1. The number of hydrogen-bond donors (Lipinski definition) is 2. The summed E-state index contributed by atoms with van der Waals surface area (Å²) in [4.78, 5) is 26.6. The molecule has 1 amide bonds. The molecule has 0 radical (unpaired) electrons. The molecule has 0 saturated carbocycles. The second-order valence-corrected chi connectivity index (χ2v) is 8.91. The number of nitrogens with two attached hydrogens (primary N) is 1. The third-order valence-corrected chi connectivity index (χ3v) is 6.64. The Morgan fingerprint density at radius 1 is 1.09 bits per heavy atom. The van der Waals surface area contributed by atoms with Crippen LogP contribution in [-0.2, 0) is 19.0 Å². The van der Waals surface area contributed by atoms with Crippen LogP contribution in [0.2, 0.25) is 0 Å². The summed E-state index contributed by atoms with van der Waals surface area (Å²) in [6.45, 7) is 0.796. The van der Waals surface area contributed by atoms with E-state index in [9.17, 15) is 27.9 Å². The number of alkyl halides is 3. The Hall–Kier alpha value is -3.66. The van der Waals surface area contributed by atoms with Crippen LogP contribution in [0.15, 0.2) is 47.3 Å². The molecule has 1 aliphatic carbocycles. The number of carbonyl (C=O) groups excluding carboxylic acids is 1. The van der Waals surface area contributed by atoms with Gasteiger partial charge in [0, 0.05) is 35.5 Å². The van der Waals surface area contributed by atoms with Gasteiger partial charge in [-0.15, -0.1) is 0 Å². The Bertz CT molecular complexity index is 1370. The zero-order valence-electron chi connectivity index (χ0n) is 18.7. The summed E-state index contributed by atoms with van der Waals surface area (Å²) in [6.07, 6.45) is -3.02. The van der Waals surface area contributed by atoms with Crippen LogP contribution in [0.3, 0.4) is 0 Å². The molecule has 1 fully saturated rings. The minimum Gasteiger partial charge on any atom is -0.391 e. The zero-order valence-corrected chi connectivity index (χ0v) is 18.7. The third kappa shape index (κ3) is 4.18. The van der Waals surface area contributed by atoms with Gasteiger partial charge >= 0.3 is 6.18 Å². The quantitative estimate of drug-likeness (QED) is 0.593. The first kappa shape index (κ1) is 23.1. The Balaban J connectivity index is 1.71. The number of aliphatic hydroxyl groups is 1. The molecule has 1 atom stereocenters. The van der Waals surface area contributed by atoms with Crippen molar-refractivity contribution in [2.75, 3.05) is 18.0 Å². The summed E-state index contributed by atoms with van der Waals surface area (Å²) in [5, 5.41) is 14.3. The van der Waals surface area contributed by atoms with Crippen molar-refractivity contribution in [2.45, 2.75) is 38.0 Å². The van der Waals surface area contributed by atoms with Crippen LogP contribution in [0, 0.1) is 0 Å². The van der Waals surface area contributed by atoms with E-state index >= 15 is 0 Å². The molecule has 1 saturated heterocycles. The number of amides is 1. The number of halogens is 3. The normalized spacial score (nSPS) is 17.6. The predicted octanol–water partition coefficient (Wildman–Crippen LogP) is 3.08. The maximum atomic E-state index is 14.0. The highest BCUT2D eigenvalue weighted by Gasteiger charge is 2.36. The van der Waals surface area contributed by atoms with E-state index < -0.39 is 29.3 Å². The van der Waals surface area contributed by atoms with E-state index in [1.54, 1.807) is 17.0 Å². The van der Waals surface area contributed by atoms with Crippen LogP contribution < -0.4 is 16.2 Å². The van der Waals surface area contributed by atoms with Crippen LogP contribution in [0.4, 0.5) is 18.9 Å². The van der Waals surface area contributed by atoms with E-state index in [0.29, 0.717) is 72.4 Å². The maximum Gasteiger partial charge on any atom is 0.418 e. The van der Waals surface area contributed by atoms with E-state index in [1.165, 1.54) is 24.3 Å². The van der Waals surface area contributed by atoms with Gasteiger partial charge in [0.25, 0.3) is 5.56 Å². The topological polar surface area (TPSA) is 101 Å². The minimum atomic E-state index is -4.71. The zero-order chi connectivity index (χ0) is 24.9. The van der Waals surface area contributed by atoms with Gasteiger partial charge in [0.2, 0.25) is 5.91 Å². The number of aromatic nitrogens is 2. The monoisotopic (exact) mass is 484 g/mol. The van der Waals surface area contributed by atoms with E-state index in [0.717, 1.165) is 10.7 Å². The van der Waals surface area contributed by atoms with Crippen molar-refractivity contribution in [1.29, 1.82) is 0 Å². The van der Waals surface area contributed by atoms with Crippen molar-refractivity contribution < 1.29 is 23.1 Å². The molecule has 10 heteroatoms. The average Bonchev–Trinajstić information content (AvgIpc) is 3.48. The third-order valence-electron chi connectivity index (χ3n) is 6.64. The molecule has 3 N–H and O–H groups in total. The van der Waals surface area contributed by atoms with Crippen molar-refractivity contribution in [2.24, 2.45) is 5.73 Å². The first-order valence-corrected chi connectivity index (χ1v) is 11.3. The van der Waals surface area contributed by atoms with Crippen molar-refractivity contribution in [3.05, 3.63) is 75.1 Å². The Labute approximate surface area is 198 Å². The SMILES string of the molecule is NC(=O)c1ccc(-c2nn(-c3cc(N4CCC(O)C4)ccc3C(F)(F)F)c(=O)c3c2CCC3)cc1. The van der Waals surface area contributed by atoms with Crippen molar-refractivity contribution in [3.63, 3.8) is 0 Å². The number of β-amino-alcohol motifs (C(OH)–C–C–N with tert-alkyl or cyclic N) is 1. The van der Waals surface area contributed by atoms with Gasteiger partial charge in [-0.05, 0) is 61.6 Å². The summed E-state index contributed by atoms with van der Waals surface area (Å²) in [6, 6.07) is 9.93. The first-order chi connectivity index (χ1) is 16.6. The van der Waals surface area contributed by atoms with Crippen LogP contribution in [0.25, 0.3) is 16.9 Å². The van der Waals surface area contributed by atoms with Crippen molar-refractivity contribution >= 4 is 11.6 Å². The molecule has 3 aromatic rings. The predicted molar refractivity (Wildman–Crippen MR) is 124 cm³/mol. The second-order valence-electron chi connectivity index (χ2n) is 8.91. The van der Waals surface area contributed by atoms with Gasteiger partial charge in [-0.1, -0.05) is 12.1 Å². The molecule has 0 bridgehead atoms. The van der Waals surface area contributed by atoms with Gasteiger partial charge in [-0.3, -0.25) is 9.59 Å². The van der Waals surface area contributed by atoms with Crippen LogP contribution >= 0.6 is 0 Å². The van der Waals surface area contributed by atoms with Crippen LogP contribution in [0.1, 0.15) is 39.9 Å².